The number of ether oxygens (including phenoxy) is 1. The van der Waals surface area contributed by atoms with E-state index >= 15 is 0 Å². The monoisotopic (exact) mass is 521 g/mol. The number of hydrogen-bond acceptors (Lipinski definition) is 5. The van der Waals surface area contributed by atoms with Crippen LogP contribution in [0.15, 0.2) is 42.5 Å². The number of rotatable bonds is 9. The van der Waals surface area contributed by atoms with Crippen molar-refractivity contribution in [2.24, 2.45) is 17.8 Å². The first-order chi connectivity index (χ1) is 18.2. The van der Waals surface area contributed by atoms with E-state index in [1.54, 1.807) is 0 Å². The SMILES string of the molecule is CCCNC(=O)[C@H]1[C@H]2C(=O)N([C@@H](CO)C(C)C)C(C(=O)Nc3ccc4ccccc4c3)C23CC[C@]1(CC)O3. The number of likely N-dealkylation sites (tertiary alicyclic amines) is 1. The molecule has 3 saturated heterocycles. The summed E-state index contributed by atoms with van der Waals surface area (Å²) in [4.78, 5) is 43.4. The third kappa shape index (κ3) is 3.92. The molecule has 3 N–H and O–H groups in total. The maximum atomic E-state index is 14.2. The van der Waals surface area contributed by atoms with Crippen LogP contribution in [0, 0.1) is 17.8 Å². The van der Waals surface area contributed by atoms with Crippen LogP contribution in [0.1, 0.15) is 53.4 Å². The zero-order valence-electron chi connectivity index (χ0n) is 22.7. The summed E-state index contributed by atoms with van der Waals surface area (Å²) in [5.74, 6) is -2.35. The van der Waals surface area contributed by atoms with Gasteiger partial charge in [0.05, 0.1) is 30.1 Å². The predicted octanol–water partition coefficient (Wildman–Crippen LogP) is 3.48. The van der Waals surface area contributed by atoms with Crippen LogP contribution >= 0.6 is 0 Å². The summed E-state index contributed by atoms with van der Waals surface area (Å²) in [6, 6.07) is 12.1. The second-order valence-electron chi connectivity index (χ2n) is 11.4. The van der Waals surface area contributed by atoms with Crippen molar-refractivity contribution >= 4 is 34.2 Å². The van der Waals surface area contributed by atoms with Crippen LogP contribution in [-0.2, 0) is 19.1 Å². The minimum Gasteiger partial charge on any atom is -0.394 e. The summed E-state index contributed by atoms with van der Waals surface area (Å²) in [6.45, 7) is 8.06. The normalized spacial score (nSPS) is 30.6. The lowest BCUT2D eigenvalue weighted by Gasteiger charge is -2.38. The molecule has 6 atom stereocenters. The number of amides is 3. The Bertz CT molecular complexity index is 1250. The van der Waals surface area contributed by atoms with Crippen molar-refractivity contribution in [1.82, 2.24) is 10.2 Å². The maximum absolute atomic E-state index is 14.2. The maximum Gasteiger partial charge on any atom is 0.250 e. The first kappa shape index (κ1) is 26.6. The molecule has 3 aliphatic heterocycles. The van der Waals surface area contributed by atoms with Crippen LogP contribution in [0.4, 0.5) is 5.69 Å². The summed E-state index contributed by atoms with van der Waals surface area (Å²) in [7, 11) is 0. The fourth-order valence-electron chi connectivity index (χ4n) is 7.17. The minimum atomic E-state index is -1.12. The molecule has 204 valence electrons. The van der Waals surface area contributed by atoms with Gasteiger partial charge >= 0.3 is 0 Å². The van der Waals surface area contributed by atoms with Gasteiger partial charge in [-0.2, -0.15) is 0 Å². The molecule has 3 aliphatic rings. The van der Waals surface area contributed by atoms with Crippen molar-refractivity contribution in [2.75, 3.05) is 18.5 Å². The van der Waals surface area contributed by atoms with Crippen molar-refractivity contribution in [3.63, 3.8) is 0 Å². The lowest BCUT2D eigenvalue weighted by molar-refractivity contribution is -0.150. The van der Waals surface area contributed by atoms with Crippen LogP contribution in [-0.4, -0.2) is 64.2 Å². The van der Waals surface area contributed by atoms with E-state index in [2.05, 4.69) is 10.6 Å². The number of hydrogen-bond donors (Lipinski definition) is 3. The number of nitrogens with one attached hydrogen (secondary N) is 2. The Morgan fingerprint density at radius 2 is 1.84 bits per heavy atom. The number of aliphatic hydroxyl groups excluding tert-OH is 1. The molecule has 8 nitrogen and oxygen atoms in total. The van der Waals surface area contributed by atoms with Crippen LogP contribution in [0.3, 0.4) is 0 Å². The van der Waals surface area contributed by atoms with E-state index in [1.807, 2.05) is 70.2 Å². The number of fused-ring (bicyclic) bond motifs is 2. The van der Waals surface area contributed by atoms with E-state index in [9.17, 15) is 19.5 Å². The van der Waals surface area contributed by atoms with E-state index in [4.69, 9.17) is 4.74 Å². The van der Waals surface area contributed by atoms with Crippen LogP contribution < -0.4 is 10.6 Å². The van der Waals surface area contributed by atoms with E-state index in [-0.39, 0.29) is 30.2 Å². The first-order valence-electron chi connectivity index (χ1n) is 13.9. The number of anilines is 1. The fourth-order valence-corrected chi connectivity index (χ4v) is 7.17. The lowest BCUT2D eigenvalue weighted by Crippen LogP contribution is -2.57. The number of aliphatic hydroxyl groups is 1. The van der Waals surface area contributed by atoms with Crippen molar-refractivity contribution < 1.29 is 24.2 Å². The zero-order valence-corrected chi connectivity index (χ0v) is 22.7. The molecular formula is C30H39N3O5. The van der Waals surface area contributed by atoms with Crippen LogP contribution in [0.2, 0.25) is 0 Å². The quantitative estimate of drug-likeness (QED) is 0.468. The summed E-state index contributed by atoms with van der Waals surface area (Å²) >= 11 is 0. The van der Waals surface area contributed by atoms with Gasteiger partial charge in [-0.1, -0.05) is 58.0 Å². The molecule has 5 rings (SSSR count). The average Bonchev–Trinajstić information content (AvgIpc) is 3.51. The van der Waals surface area contributed by atoms with E-state index in [0.29, 0.717) is 31.5 Å². The Balaban J connectivity index is 1.56. The summed E-state index contributed by atoms with van der Waals surface area (Å²) < 4.78 is 6.79. The zero-order chi connectivity index (χ0) is 27.2. The Hall–Kier alpha value is -2.97. The Morgan fingerprint density at radius 1 is 1.11 bits per heavy atom. The molecule has 0 radical (unpaired) electrons. The third-order valence-corrected chi connectivity index (χ3v) is 9.03. The number of carbonyl (C=O) groups excluding carboxylic acids is 3. The molecule has 0 aromatic heterocycles. The van der Waals surface area contributed by atoms with Crippen molar-refractivity contribution in [2.45, 2.75) is 76.7 Å². The molecule has 3 amide bonds. The van der Waals surface area contributed by atoms with E-state index < -0.39 is 35.1 Å². The van der Waals surface area contributed by atoms with Gasteiger partial charge in [0.1, 0.15) is 11.6 Å². The second kappa shape index (κ2) is 9.97. The molecule has 2 aromatic rings. The number of benzene rings is 2. The van der Waals surface area contributed by atoms with Crippen molar-refractivity contribution in [3.8, 4) is 0 Å². The van der Waals surface area contributed by atoms with Crippen molar-refractivity contribution in [3.05, 3.63) is 42.5 Å². The lowest BCUT2D eigenvalue weighted by atomic mass is 9.65. The van der Waals surface area contributed by atoms with Gasteiger partial charge in [0.2, 0.25) is 17.7 Å². The van der Waals surface area contributed by atoms with Crippen molar-refractivity contribution in [1.29, 1.82) is 0 Å². The summed E-state index contributed by atoms with van der Waals surface area (Å²) in [5.41, 5.74) is -1.27. The average molecular weight is 522 g/mol. The van der Waals surface area contributed by atoms with E-state index in [0.717, 1.165) is 17.2 Å². The van der Waals surface area contributed by atoms with Gasteiger partial charge in [-0.25, -0.2) is 0 Å². The van der Waals surface area contributed by atoms with E-state index in [1.165, 1.54) is 4.90 Å². The fraction of sp³-hybridized carbons (Fsp3) is 0.567. The smallest absolute Gasteiger partial charge is 0.250 e. The molecule has 2 bridgehead atoms. The molecule has 2 aromatic carbocycles. The summed E-state index contributed by atoms with van der Waals surface area (Å²) in [6.07, 6.45) is 2.48. The number of nitrogens with zero attached hydrogens (tertiary/aromatic N) is 1. The van der Waals surface area contributed by atoms with Gasteiger partial charge < -0.3 is 25.4 Å². The summed E-state index contributed by atoms with van der Waals surface area (Å²) in [5, 5.41) is 18.4. The minimum absolute atomic E-state index is 0.0974. The Morgan fingerprint density at radius 3 is 2.50 bits per heavy atom. The highest BCUT2D eigenvalue weighted by Crippen LogP contribution is 2.64. The first-order valence-corrected chi connectivity index (χ1v) is 13.9. The molecule has 0 aliphatic carbocycles. The molecule has 1 spiro atoms. The van der Waals surface area contributed by atoms with Gasteiger partial charge in [0.15, 0.2) is 0 Å². The molecule has 2 unspecified atom stereocenters. The Kier molecular flexibility index (Phi) is 6.99. The van der Waals surface area contributed by atoms with Gasteiger partial charge in [-0.3, -0.25) is 14.4 Å². The molecular weight excluding hydrogens is 482 g/mol. The Labute approximate surface area is 224 Å². The van der Waals surface area contributed by atoms with Gasteiger partial charge in [0.25, 0.3) is 0 Å². The highest BCUT2D eigenvalue weighted by molar-refractivity contribution is 6.04. The molecule has 8 heteroatoms. The molecule has 3 fully saturated rings. The molecule has 0 saturated carbocycles. The second-order valence-corrected chi connectivity index (χ2v) is 11.4. The molecule has 38 heavy (non-hydrogen) atoms. The van der Waals surface area contributed by atoms with Gasteiger partial charge in [-0.15, -0.1) is 0 Å². The van der Waals surface area contributed by atoms with Gasteiger partial charge in [-0.05, 0) is 54.5 Å². The highest BCUT2D eigenvalue weighted by Gasteiger charge is 2.79. The predicted molar refractivity (Wildman–Crippen MR) is 145 cm³/mol. The third-order valence-electron chi connectivity index (χ3n) is 9.03. The molecule has 3 heterocycles. The van der Waals surface area contributed by atoms with Crippen LogP contribution in [0.25, 0.3) is 10.8 Å². The highest BCUT2D eigenvalue weighted by atomic mass is 16.5. The largest absolute Gasteiger partial charge is 0.394 e. The topological polar surface area (TPSA) is 108 Å². The van der Waals surface area contributed by atoms with Crippen LogP contribution in [0.5, 0.6) is 0 Å². The van der Waals surface area contributed by atoms with Gasteiger partial charge in [0, 0.05) is 12.2 Å². The standard InChI is InChI=1S/C30H39N3O5/c1-5-15-31-26(35)23-24-28(37)33(22(17-34)18(3)4)25(30(24)14-13-29(23,6-2)38-30)27(36)32-21-12-11-19-9-7-8-10-20(19)16-21/h7-12,16,18,22-25,34H,5-6,13-15,17H2,1-4H3,(H,31,35)(H,32,36)/t22-,23+,24-,25?,29-,30?/m0/s1. The number of carbonyl (C=O) groups is 3.